The van der Waals surface area contributed by atoms with Crippen molar-refractivity contribution in [1.82, 2.24) is 0 Å². The average Bonchev–Trinajstić information content (AvgIpc) is 2.84. The summed E-state index contributed by atoms with van der Waals surface area (Å²) in [6.45, 7) is 7.10. The van der Waals surface area contributed by atoms with E-state index in [1.807, 2.05) is 30.3 Å². The largest absolute Gasteiger partial charge is 0.514 e. The van der Waals surface area contributed by atoms with Crippen molar-refractivity contribution in [3.8, 4) is 29.0 Å². The zero-order valence-electron chi connectivity index (χ0n) is 20.1. The van der Waals surface area contributed by atoms with Crippen LogP contribution >= 0.6 is 0 Å². The third-order valence-corrected chi connectivity index (χ3v) is 4.31. The molecule has 0 bridgehead atoms. The lowest BCUT2D eigenvalue weighted by Crippen LogP contribution is -2.26. The number of esters is 1. The first-order chi connectivity index (χ1) is 16.7. The van der Waals surface area contributed by atoms with Gasteiger partial charge in [-0.25, -0.2) is 9.59 Å². The maximum atomic E-state index is 12.4. The quantitative estimate of drug-likeness (QED) is 0.326. The molecular weight excluding hydrogens is 444 g/mol. The summed E-state index contributed by atoms with van der Waals surface area (Å²) < 4.78 is 15.7. The van der Waals surface area contributed by atoms with Gasteiger partial charge >= 0.3 is 12.1 Å². The molecule has 3 aromatic rings. The Kier molecular flexibility index (Phi) is 9.57. The first-order valence-corrected chi connectivity index (χ1v) is 10.8. The number of hydrogen-bond acceptors (Lipinski definition) is 7. The minimum atomic E-state index is -0.876. The highest BCUT2D eigenvalue weighted by molar-refractivity contribution is 5.99. The highest BCUT2D eigenvalue weighted by Gasteiger charge is 2.23. The Balaban J connectivity index is 0.000000456. The first kappa shape index (κ1) is 26.6. The van der Waals surface area contributed by atoms with Crippen molar-refractivity contribution in [3.63, 3.8) is 0 Å². The Morgan fingerprint density at radius 3 is 1.94 bits per heavy atom. The molecule has 0 aromatic heterocycles. The molecule has 0 aliphatic rings. The van der Waals surface area contributed by atoms with Gasteiger partial charge in [-0.1, -0.05) is 36.4 Å². The smallest absolute Gasteiger partial charge is 0.462 e. The lowest BCUT2D eigenvalue weighted by Gasteiger charge is -2.20. The molecule has 35 heavy (non-hydrogen) atoms. The summed E-state index contributed by atoms with van der Waals surface area (Å²) in [6.07, 6.45) is -0.876. The summed E-state index contributed by atoms with van der Waals surface area (Å²) in [5, 5.41) is 17.3. The van der Waals surface area contributed by atoms with Crippen molar-refractivity contribution in [3.05, 3.63) is 89.5 Å². The van der Waals surface area contributed by atoms with Crippen LogP contribution in [0, 0.1) is 22.7 Å². The van der Waals surface area contributed by atoms with Crippen LogP contribution in [0.4, 0.5) is 4.79 Å². The van der Waals surface area contributed by atoms with Crippen LogP contribution in [-0.2, 0) is 9.47 Å². The summed E-state index contributed by atoms with van der Waals surface area (Å²) in [7, 11) is 0. The fourth-order valence-electron chi connectivity index (χ4n) is 2.88. The second-order valence-corrected chi connectivity index (χ2v) is 8.13. The van der Waals surface area contributed by atoms with Crippen molar-refractivity contribution < 1.29 is 23.8 Å². The van der Waals surface area contributed by atoms with Crippen LogP contribution in [0.3, 0.4) is 0 Å². The molecule has 0 unspecified atom stereocenters. The highest BCUT2D eigenvalue weighted by atomic mass is 16.7. The predicted octanol–water partition coefficient (Wildman–Crippen LogP) is 6.27. The standard InChI is InChI=1S/C21H21NO5.C7H5N/c1-5-25-19(23)16-7-6-8-17(26-20(24)27-21(2,3)4)18(16)15-11-9-14(13-22)10-12-15;8-6-7-4-2-1-3-5-7/h6-12H,5H2,1-4H3;1-5H. The molecule has 0 N–H and O–H groups in total. The molecule has 3 rings (SSSR count). The Morgan fingerprint density at radius 1 is 0.829 bits per heavy atom. The van der Waals surface area contributed by atoms with Crippen molar-refractivity contribution >= 4 is 12.1 Å². The van der Waals surface area contributed by atoms with E-state index in [9.17, 15) is 9.59 Å². The van der Waals surface area contributed by atoms with E-state index < -0.39 is 17.7 Å². The van der Waals surface area contributed by atoms with Crippen LogP contribution in [0.1, 0.15) is 49.2 Å². The summed E-state index contributed by atoms with van der Waals surface area (Å²) in [6, 6.07) is 24.6. The third-order valence-electron chi connectivity index (χ3n) is 4.31. The lowest BCUT2D eigenvalue weighted by molar-refractivity contribution is 0.0206. The Hall–Kier alpha value is -4.62. The summed E-state index contributed by atoms with van der Waals surface area (Å²) in [4.78, 5) is 24.5. The van der Waals surface area contributed by atoms with E-state index in [1.165, 1.54) is 0 Å². The van der Waals surface area contributed by atoms with Gasteiger partial charge in [-0.2, -0.15) is 10.5 Å². The van der Waals surface area contributed by atoms with Crippen molar-refractivity contribution in [2.45, 2.75) is 33.3 Å². The molecule has 0 aliphatic carbocycles. The van der Waals surface area contributed by atoms with Gasteiger partial charge < -0.3 is 14.2 Å². The third kappa shape index (κ3) is 8.34. The van der Waals surface area contributed by atoms with Crippen LogP contribution in [0.25, 0.3) is 11.1 Å². The van der Waals surface area contributed by atoms with Crippen molar-refractivity contribution in [2.75, 3.05) is 6.61 Å². The molecule has 0 spiro atoms. The van der Waals surface area contributed by atoms with Gasteiger partial charge in [-0.3, -0.25) is 0 Å². The molecule has 0 heterocycles. The van der Waals surface area contributed by atoms with Gasteiger partial charge in [0.05, 0.1) is 35.4 Å². The molecule has 7 heteroatoms. The molecule has 3 aromatic carbocycles. The highest BCUT2D eigenvalue weighted by Crippen LogP contribution is 2.35. The molecule has 0 saturated carbocycles. The van der Waals surface area contributed by atoms with Crippen LogP contribution in [0.5, 0.6) is 5.75 Å². The zero-order valence-corrected chi connectivity index (χ0v) is 20.1. The van der Waals surface area contributed by atoms with Crippen molar-refractivity contribution in [1.29, 1.82) is 10.5 Å². The molecule has 0 aliphatic heterocycles. The zero-order chi connectivity index (χ0) is 25.8. The average molecular weight is 471 g/mol. The van der Waals surface area contributed by atoms with Gasteiger partial charge in [-0.05, 0) is 69.7 Å². The van der Waals surface area contributed by atoms with E-state index in [0.717, 1.165) is 0 Å². The van der Waals surface area contributed by atoms with E-state index in [0.29, 0.717) is 22.3 Å². The van der Waals surface area contributed by atoms with Gasteiger partial charge in [0.15, 0.2) is 0 Å². The maximum absolute atomic E-state index is 12.4. The number of benzene rings is 3. The number of ether oxygens (including phenoxy) is 3. The van der Waals surface area contributed by atoms with Gasteiger partial charge in [0.1, 0.15) is 11.4 Å². The molecule has 0 radical (unpaired) electrons. The Labute approximate surface area is 205 Å². The molecule has 7 nitrogen and oxygen atoms in total. The van der Waals surface area contributed by atoms with Crippen LogP contribution in [-0.4, -0.2) is 24.3 Å². The summed E-state index contributed by atoms with van der Waals surface area (Å²) in [5.74, 6) is -0.369. The topological polar surface area (TPSA) is 109 Å². The fraction of sp³-hybridized carbons (Fsp3) is 0.214. The Morgan fingerprint density at radius 2 is 1.43 bits per heavy atom. The van der Waals surface area contributed by atoms with Gasteiger partial charge in [-0.15, -0.1) is 0 Å². The van der Waals surface area contributed by atoms with E-state index >= 15 is 0 Å². The summed E-state index contributed by atoms with van der Waals surface area (Å²) >= 11 is 0. The number of nitrogens with zero attached hydrogens (tertiary/aromatic N) is 2. The van der Waals surface area contributed by atoms with E-state index in [-0.39, 0.29) is 17.9 Å². The SMILES string of the molecule is CCOC(=O)c1cccc(OC(=O)OC(C)(C)C)c1-c1ccc(C#N)cc1.N#Cc1ccccc1. The Bertz CT molecular complexity index is 1230. The predicted molar refractivity (Wildman–Crippen MR) is 131 cm³/mol. The van der Waals surface area contributed by atoms with Crippen LogP contribution < -0.4 is 4.74 Å². The molecule has 178 valence electrons. The molecular formula is C28H26N2O5. The number of carbonyl (C=O) groups excluding carboxylic acids is 2. The lowest BCUT2D eigenvalue weighted by atomic mass is 9.97. The molecule has 0 amide bonds. The van der Waals surface area contributed by atoms with E-state index in [1.54, 1.807) is 82.3 Å². The second-order valence-electron chi connectivity index (χ2n) is 8.13. The van der Waals surface area contributed by atoms with Gasteiger partial charge in [0, 0.05) is 5.56 Å². The van der Waals surface area contributed by atoms with Crippen LogP contribution in [0.2, 0.25) is 0 Å². The molecule has 0 fully saturated rings. The van der Waals surface area contributed by atoms with Crippen molar-refractivity contribution in [2.24, 2.45) is 0 Å². The maximum Gasteiger partial charge on any atom is 0.514 e. The fourth-order valence-corrected chi connectivity index (χ4v) is 2.88. The van der Waals surface area contributed by atoms with Gasteiger partial charge in [0.2, 0.25) is 0 Å². The number of nitriles is 2. The van der Waals surface area contributed by atoms with E-state index in [4.69, 9.17) is 24.7 Å². The summed E-state index contributed by atoms with van der Waals surface area (Å²) in [5.41, 5.74) is 1.73. The minimum absolute atomic E-state index is 0.166. The normalized spacial score (nSPS) is 10.0. The molecule has 0 saturated heterocycles. The second kappa shape index (κ2) is 12.6. The minimum Gasteiger partial charge on any atom is -0.462 e. The molecule has 0 atom stereocenters. The van der Waals surface area contributed by atoms with Gasteiger partial charge in [0.25, 0.3) is 0 Å². The number of rotatable bonds is 4. The monoisotopic (exact) mass is 470 g/mol. The first-order valence-electron chi connectivity index (χ1n) is 10.8. The van der Waals surface area contributed by atoms with E-state index in [2.05, 4.69) is 0 Å². The number of hydrogen-bond donors (Lipinski definition) is 0. The number of carbonyl (C=O) groups is 2. The van der Waals surface area contributed by atoms with Crippen LogP contribution in [0.15, 0.2) is 72.8 Å².